The summed E-state index contributed by atoms with van der Waals surface area (Å²) in [5.74, 6) is 0. The molecule has 0 fully saturated rings. The highest BCUT2D eigenvalue weighted by atomic mass is 127. The molecule has 0 nitrogen and oxygen atoms in total. The maximum atomic E-state index is 2.52. The van der Waals surface area contributed by atoms with E-state index < -0.39 is 0 Å². The predicted molar refractivity (Wildman–Crippen MR) is 259 cm³/mol. The fourth-order valence-electron chi connectivity index (χ4n) is 5.36. The quantitative estimate of drug-likeness (QED) is 0.146. The molecule has 8 heteroatoms. The van der Waals surface area contributed by atoms with Gasteiger partial charge in [-0.05, 0) is 292 Å². The van der Waals surface area contributed by atoms with Crippen molar-refractivity contribution in [2.24, 2.45) is 0 Å². The molecule has 0 aliphatic heterocycles. The molecular weight excluding hydrogens is 1460 g/mol. The molecule has 0 N–H and O–H groups in total. The van der Waals surface area contributed by atoms with Crippen molar-refractivity contribution in [1.82, 2.24) is 0 Å². The van der Waals surface area contributed by atoms with Crippen LogP contribution in [-0.4, -0.2) is 0 Å². The van der Waals surface area contributed by atoms with Crippen molar-refractivity contribution in [2.45, 2.75) is 6.42 Å². The standard InChI is InChI=1S/C37H20I8/c38-26-5-1-3-22(16-26)28-9-7-24(18-30(28)40)36-32(42)12-20(13-33(36)43)11-21-14-34(44)37(35(45)15-21)25-8-10-29(31(41)19-25)23-4-2-6-27(39)17-23/h1-10,12-19H,11H2. The topological polar surface area (TPSA) is 0 Å². The SMILES string of the molecule is Ic1cccc(-c2ccc(-c3c(I)cc(Cc4cc(I)c(-c5ccc(-c6cccc(I)c6)c(I)c5)c(I)c4)cc3I)cc2I)c1. The minimum atomic E-state index is 0.908. The van der Waals surface area contributed by atoms with Gasteiger partial charge in [-0.2, -0.15) is 0 Å². The molecule has 0 aromatic heterocycles. The normalized spacial score (nSPS) is 11.2. The Hall–Kier alpha value is 1.16. The van der Waals surface area contributed by atoms with Gasteiger partial charge in [0, 0.05) is 39.7 Å². The molecule has 0 bridgehead atoms. The maximum absolute atomic E-state index is 2.52. The second-order valence-electron chi connectivity index (χ2n) is 10.5. The first-order valence-electron chi connectivity index (χ1n) is 13.6. The van der Waals surface area contributed by atoms with E-state index in [1.807, 2.05) is 0 Å². The monoisotopic (exact) mass is 1480 g/mol. The molecule has 0 spiro atoms. The minimum absolute atomic E-state index is 0.908. The van der Waals surface area contributed by atoms with Crippen LogP contribution in [0.4, 0.5) is 0 Å². The third-order valence-electron chi connectivity index (χ3n) is 7.40. The summed E-state index contributed by atoms with van der Waals surface area (Å²) in [7, 11) is 0. The van der Waals surface area contributed by atoms with E-state index in [0.717, 1.165) is 6.42 Å². The highest BCUT2D eigenvalue weighted by Crippen LogP contribution is 2.38. The summed E-state index contributed by atoms with van der Waals surface area (Å²) in [6, 6.07) is 40.6. The van der Waals surface area contributed by atoms with Crippen LogP contribution in [0.25, 0.3) is 44.5 Å². The Morgan fingerprint density at radius 3 is 1.04 bits per heavy atom. The first kappa shape index (κ1) is 36.0. The fraction of sp³-hybridized carbons (Fsp3) is 0.0270. The van der Waals surface area contributed by atoms with Crippen molar-refractivity contribution in [2.75, 3.05) is 0 Å². The zero-order chi connectivity index (χ0) is 31.8. The molecule has 0 aliphatic carbocycles. The highest BCUT2D eigenvalue weighted by Gasteiger charge is 2.16. The molecule has 0 amide bonds. The van der Waals surface area contributed by atoms with Crippen LogP contribution in [0.15, 0.2) is 109 Å². The average molecular weight is 1480 g/mol. The van der Waals surface area contributed by atoms with Crippen molar-refractivity contribution in [1.29, 1.82) is 0 Å². The van der Waals surface area contributed by atoms with Gasteiger partial charge in [-0.1, -0.05) is 48.5 Å². The summed E-state index contributed by atoms with van der Waals surface area (Å²) in [6.07, 6.45) is 0.908. The number of halogens is 8. The van der Waals surface area contributed by atoms with Crippen molar-refractivity contribution in [3.8, 4) is 44.5 Å². The molecule has 0 aliphatic rings. The van der Waals surface area contributed by atoms with Crippen molar-refractivity contribution < 1.29 is 0 Å². The Labute approximate surface area is 373 Å². The van der Waals surface area contributed by atoms with Crippen LogP contribution in [-0.2, 0) is 6.42 Å². The van der Waals surface area contributed by atoms with Gasteiger partial charge in [-0.25, -0.2) is 0 Å². The molecule has 0 unspecified atom stereocenters. The van der Waals surface area contributed by atoms with Crippen LogP contribution >= 0.6 is 181 Å². The molecular formula is C37H20I8. The second-order valence-corrected chi connectivity index (χ2v) is 19.9. The molecule has 45 heavy (non-hydrogen) atoms. The number of rotatable bonds is 6. The van der Waals surface area contributed by atoms with E-state index in [2.05, 4.69) is 290 Å². The third-order valence-corrected chi connectivity index (χ3v) is 13.9. The molecule has 0 saturated heterocycles. The lowest BCUT2D eigenvalue weighted by Crippen LogP contribution is -1.98. The minimum Gasteiger partial charge on any atom is -0.0606 e. The molecule has 0 saturated carbocycles. The lowest BCUT2D eigenvalue weighted by Gasteiger charge is -2.15. The van der Waals surface area contributed by atoms with Gasteiger partial charge in [0.2, 0.25) is 0 Å². The first-order valence-corrected chi connectivity index (χ1v) is 22.3. The lowest BCUT2D eigenvalue weighted by atomic mass is 9.96. The Kier molecular flexibility index (Phi) is 12.8. The van der Waals surface area contributed by atoms with Crippen molar-refractivity contribution >= 4 is 181 Å². The summed E-state index contributed by atoms with van der Waals surface area (Å²) < 4.78 is 10.2. The number of hydrogen-bond donors (Lipinski definition) is 0. The van der Waals surface area contributed by atoms with E-state index in [0.29, 0.717) is 0 Å². The highest BCUT2D eigenvalue weighted by molar-refractivity contribution is 14.1. The molecule has 6 rings (SSSR count). The van der Waals surface area contributed by atoms with Crippen LogP contribution in [0.2, 0.25) is 0 Å². The van der Waals surface area contributed by atoms with Gasteiger partial charge in [0.1, 0.15) is 0 Å². The number of benzene rings is 6. The Balaban J connectivity index is 1.26. The summed E-state index contributed by atoms with van der Waals surface area (Å²) in [5.41, 5.74) is 12.9. The zero-order valence-corrected chi connectivity index (χ0v) is 40.4. The van der Waals surface area contributed by atoms with E-state index in [4.69, 9.17) is 0 Å². The van der Waals surface area contributed by atoms with Gasteiger partial charge in [0.25, 0.3) is 0 Å². The van der Waals surface area contributed by atoms with E-state index in [1.165, 1.54) is 84.2 Å². The molecule has 224 valence electrons. The van der Waals surface area contributed by atoms with E-state index in [9.17, 15) is 0 Å². The first-order chi connectivity index (χ1) is 21.6. The molecule has 6 aromatic rings. The predicted octanol–water partition coefficient (Wildman–Crippen LogP) is 14.8. The smallest absolute Gasteiger partial charge is 0.0222 e. The third kappa shape index (κ3) is 8.56. The van der Waals surface area contributed by atoms with Crippen LogP contribution in [0.5, 0.6) is 0 Å². The van der Waals surface area contributed by atoms with Gasteiger partial charge in [0.15, 0.2) is 0 Å². The Morgan fingerprint density at radius 2 is 0.711 bits per heavy atom. The van der Waals surface area contributed by atoms with Crippen LogP contribution in [0.1, 0.15) is 11.1 Å². The summed E-state index contributed by atoms with van der Waals surface area (Å²) in [6.45, 7) is 0. The van der Waals surface area contributed by atoms with Crippen molar-refractivity contribution in [3.63, 3.8) is 0 Å². The van der Waals surface area contributed by atoms with Crippen molar-refractivity contribution in [3.05, 3.63) is 149 Å². The molecule has 0 atom stereocenters. The van der Waals surface area contributed by atoms with Gasteiger partial charge in [-0.15, -0.1) is 0 Å². The Morgan fingerprint density at radius 1 is 0.333 bits per heavy atom. The van der Waals surface area contributed by atoms with Gasteiger partial charge < -0.3 is 0 Å². The van der Waals surface area contributed by atoms with Gasteiger partial charge in [0.05, 0.1) is 0 Å². The summed E-state index contributed by atoms with van der Waals surface area (Å²) in [4.78, 5) is 0. The maximum Gasteiger partial charge on any atom is 0.0222 e. The molecule has 6 aromatic carbocycles. The average Bonchev–Trinajstić information content (AvgIpc) is 2.96. The fourth-order valence-corrected chi connectivity index (χ4v) is 13.1. The molecule has 0 heterocycles. The lowest BCUT2D eigenvalue weighted by molar-refractivity contribution is 1.18. The van der Waals surface area contributed by atoms with E-state index >= 15 is 0 Å². The van der Waals surface area contributed by atoms with Gasteiger partial charge >= 0.3 is 0 Å². The van der Waals surface area contributed by atoms with E-state index in [-0.39, 0.29) is 0 Å². The zero-order valence-electron chi connectivity index (χ0n) is 23.1. The van der Waals surface area contributed by atoms with Crippen LogP contribution in [0, 0.1) is 28.6 Å². The van der Waals surface area contributed by atoms with Gasteiger partial charge in [-0.3, -0.25) is 0 Å². The molecule has 0 radical (unpaired) electrons. The number of hydrogen-bond acceptors (Lipinski definition) is 0. The Bertz CT molecular complexity index is 1890. The summed E-state index contributed by atoms with van der Waals surface area (Å²) in [5, 5.41) is 0. The van der Waals surface area contributed by atoms with E-state index in [1.54, 1.807) is 0 Å². The second kappa shape index (κ2) is 16.0. The van der Waals surface area contributed by atoms with Crippen LogP contribution < -0.4 is 0 Å². The van der Waals surface area contributed by atoms with Crippen LogP contribution in [0.3, 0.4) is 0 Å². The largest absolute Gasteiger partial charge is 0.0606 e. The summed E-state index contributed by atoms with van der Waals surface area (Å²) >= 11 is 19.8.